The smallest absolute Gasteiger partial charge is 0.173 e. The van der Waals surface area contributed by atoms with Gasteiger partial charge in [-0.1, -0.05) is 18.2 Å². The van der Waals surface area contributed by atoms with Gasteiger partial charge in [0.15, 0.2) is 5.82 Å². The summed E-state index contributed by atoms with van der Waals surface area (Å²) in [5, 5.41) is 12.9. The predicted octanol–water partition coefficient (Wildman–Crippen LogP) is 2.78. The molecule has 2 fully saturated rings. The van der Waals surface area contributed by atoms with E-state index in [1.54, 1.807) is 14.2 Å². The molecule has 34 heavy (non-hydrogen) atoms. The van der Waals surface area contributed by atoms with Crippen molar-refractivity contribution in [3.05, 3.63) is 59.9 Å². The van der Waals surface area contributed by atoms with E-state index in [1.165, 1.54) is 5.69 Å². The van der Waals surface area contributed by atoms with Gasteiger partial charge in [-0.15, -0.1) is 5.10 Å². The van der Waals surface area contributed by atoms with Crippen molar-refractivity contribution in [1.82, 2.24) is 25.1 Å². The second kappa shape index (κ2) is 10.4. The molecule has 9 nitrogen and oxygen atoms in total. The lowest BCUT2D eigenvalue weighted by molar-refractivity contribution is 0.0906. The molecule has 2 aliphatic heterocycles. The van der Waals surface area contributed by atoms with E-state index < -0.39 is 0 Å². The molecule has 0 N–H and O–H groups in total. The van der Waals surface area contributed by atoms with Crippen LogP contribution >= 0.6 is 0 Å². The molecule has 0 amide bonds. The van der Waals surface area contributed by atoms with E-state index in [0.717, 1.165) is 68.5 Å². The third-order valence-corrected chi connectivity index (χ3v) is 6.76. The Morgan fingerprint density at radius 1 is 1.00 bits per heavy atom. The number of ether oxygens (including phenoxy) is 3. The van der Waals surface area contributed by atoms with Crippen molar-refractivity contribution in [3.63, 3.8) is 0 Å². The lowest BCUT2D eigenvalue weighted by Gasteiger charge is -2.40. The monoisotopic (exact) mass is 464 g/mol. The van der Waals surface area contributed by atoms with Crippen LogP contribution in [-0.4, -0.2) is 78.2 Å². The molecule has 2 aromatic carbocycles. The number of nitrogens with zero attached hydrogens (tertiary/aromatic N) is 6. The Kier molecular flexibility index (Phi) is 6.92. The van der Waals surface area contributed by atoms with E-state index in [0.29, 0.717) is 6.54 Å². The quantitative estimate of drug-likeness (QED) is 0.504. The van der Waals surface area contributed by atoms with E-state index in [2.05, 4.69) is 43.5 Å². The Morgan fingerprint density at radius 2 is 1.79 bits per heavy atom. The van der Waals surface area contributed by atoms with Gasteiger partial charge in [-0.05, 0) is 53.6 Å². The lowest BCUT2D eigenvalue weighted by atomic mass is 10.0. The zero-order valence-corrected chi connectivity index (χ0v) is 19.8. The fourth-order valence-corrected chi connectivity index (χ4v) is 4.94. The van der Waals surface area contributed by atoms with Gasteiger partial charge in [0.2, 0.25) is 0 Å². The van der Waals surface area contributed by atoms with Gasteiger partial charge in [0, 0.05) is 44.0 Å². The van der Waals surface area contributed by atoms with Crippen LogP contribution < -0.4 is 14.4 Å². The first kappa shape index (κ1) is 22.6. The first-order valence-electron chi connectivity index (χ1n) is 11.9. The standard InChI is InChI=1S/C25H32N6O3/c1-32-20-11-9-19(10-12-20)29-13-15-30(16-14-29)24(22-7-3-4-8-23(22)33-2)25-26-27-28-31(25)18-21-6-5-17-34-21/h3-4,7-12,21,24H,5-6,13-18H2,1-2H3/t21-,24-/m0/s1. The maximum Gasteiger partial charge on any atom is 0.173 e. The second-order valence-electron chi connectivity index (χ2n) is 8.72. The topological polar surface area (TPSA) is 77.8 Å². The average Bonchev–Trinajstić information content (AvgIpc) is 3.58. The molecule has 0 spiro atoms. The molecule has 0 aliphatic carbocycles. The number of anilines is 1. The zero-order valence-electron chi connectivity index (χ0n) is 19.8. The van der Waals surface area contributed by atoms with Gasteiger partial charge in [0.05, 0.1) is 26.9 Å². The predicted molar refractivity (Wildman–Crippen MR) is 128 cm³/mol. The number of para-hydroxylation sites is 1. The van der Waals surface area contributed by atoms with Gasteiger partial charge >= 0.3 is 0 Å². The van der Waals surface area contributed by atoms with Gasteiger partial charge in [-0.25, -0.2) is 4.68 Å². The third-order valence-electron chi connectivity index (χ3n) is 6.76. The highest BCUT2D eigenvalue weighted by Gasteiger charge is 2.33. The van der Waals surface area contributed by atoms with Gasteiger partial charge in [-0.2, -0.15) is 0 Å². The molecular formula is C25H32N6O3. The summed E-state index contributed by atoms with van der Waals surface area (Å²) in [6, 6.07) is 16.3. The summed E-state index contributed by atoms with van der Waals surface area (Å²) in [6.07, 6.45) is 2.29. The van der Waals surface area contributed by atoms with Crippen molar-refractivity contribution in [3.8, 4) is 11.5 Å². The lowest BCUT2D eigenvalue weighted by Crippen LogP contribution is -2.48. The highest BCUT2D eigenvalue weighted by molar-refractivity contribution is 5.49. The van der Waals surface area contributed by atoms with E-state index in [-0.39, 0.29) is 12.1 Å². The third kappa shape index (κ3) is 4.71. The molecule has 2 saturated heterocycles. The van der Waals surface area contributed by atoms with Crippen LogP contribution in [0.5, 0.6) is 11.5 Å². The molecule has 0 bridgehead atoms. The second-order valence-corrected chi connectivity index (χ2v) is 8.72. The fraction of sp³-hybridized carbons (Fsp3) is 0.480. The molecule has 5 rings (SSSR count). The number of rotatable bonds is 8. The van der Waals surface area contributed by atoms with E-state index in [9.17, 15) is 0 Å². The van der Waals surface area contributed by atoms with Crippen LogP contribution in [0.4, 0.5) is 5.69 Å². The largest absolute Gasteiger partial charge is 0.497 e. The Labute approximate surface area is 200 Å². The van der Waals surface area contributed by atoms with Crippen LogP contribution in [0.2, 0.25) is 0 Å². The Bertz CT molecular complexity index is 1060. The van der Waals surface area contributed by atoms with Gasteiger partial charge in [0.25, 0.3) is 0 Å². The first-order valence-corrected chi connectivity index (χ1v) is 11.9. The number of hydrogen-bond donors (Lipinski definition) is 0. The summed E-state index contributed by atoms with van der Waals surface area (Å²) < 4.78 is 18.8. The highest BCUT2D eigenvalue weighted by atomic mass is 16.5. The van der Waals surface area contributed by atoms with Crippen molar-refractivity contribution < 1.29 is 14.2 Å². The fourth-order valence-electron chi connectivity index (χ4n) is 4.94. The first-order chi connectivity index (χ1) is 16.8. The molecule has 0 unspecified atom stereocenters. The minimum atomic E-state index is -0.106. The van der Waals surface area contributed by atoms with Crippen LogP contribution in [-0.2, 0) is 11.3 Å². The van der Waals surface area contributed by atoms with Crippen LogP contribution in [0.1, 0.15) is 30.3 Å². The molecule has 1 aromatic heterocycles. The minimum absolute atomic E-state index is 0.106. The molecule has 180 valence electrons. The minimum Gasteiger partial charge on any atom is -0.497 e. The molecule has 3 heterocycles. The number of aromatic nitrogens is 4. The molecule has 0 saturated carbocycles. The van der Waals surface area contributed by atoms with Crippen molar-refractivity contribution in [1.29, 1.82) is 0 Å². The summed E-state index contributed by atoms with van der Waals surface area (Å²) >= 11 is 0. The van der Waals surface area contributed by atoms with Crippen molar-refractivity contribution in [2.45, 2.75) is 31.5 Å². The maximum absolute atomic E-state index is 5.87. The molecular weight excluding hydrogens is 432 g/mol. The molecule has 3 aromatic rings. The Balaban J connectivity index is 1.40. The summed E-state index contributed by atoms with van der Waals surface area (Å²) in [7, 11) is 3.41. The summed E-state index contributed by atoms with van der Waals surface area (Å²) in [5.74, 6) is 2.55. The Morgan fingerprint density at radius 3 is 2.50 bits per heavy atom. The summed E-state index contributed by atoms with van der Waals surface area (Å²) in [6.45, 7) is 5.05. The maximum atomic E-state index is 5.87. The Hall–Kier alpha value is -3.17. The SMILES string of the molecule is COc1ccc(N2CCN([C@@H](c3ccccc3OC)c3nnnn3C[C@@H]3CCCO3)CC2)cc1. The molecule has 2 atom stereocenters. The number of benzene rings is 2. The summed E-state index contributed by atoms with van der Waals surface area (Å²) in [4.78, 5) is 4.86. The molecule has 9 heteroatoms. The van der Waals surface area contributed by atoms with E-state index >= 15 is 0 Å². The highest BCUT2D eigenvalue weighted by Crippen LogP contribution is 2.35. The van der Waals surface area contributed by atoms with Crippen LogP contribution in [0, 0.1) is 0 Å². The van der Waals surface area contributed by atoms with Crippen molar-refractivity contribution in [2.24, 2.45) is 0 Å². The number of tetrazole rings is 1. The zero-order chi connectivity index (χ0) is 23.3. The van der Waals surface area contributed by atoms with Crippen LogP contribution in [0.15, 0.2) is 48.5 Å². The van der Waals surface area contributed by atoms with Crippen molar-refractivity contribution in [2.75, 3.05) is 51.9 Å². The molecule has 2 aliphatic rings. The van der Waals surface area contributed by atoms with Gasteiger partial charge in [-0.3, -0.25) is 4.90 Å². The van der Waals surface area contributed by atoms with Gasteiger partial charge in [0.1, 0.15) is 17.5 Å². The van der Waals surface area contributed by atoms with E-state index in [4.69, 9.17) is 14.2 Å². The average molecular weight is 465 g/mol. The number of methoxy groups -OCH3 is 2. The number of piperazine rings is 1. The van der Waals surface area contributed by atoms with Gasteiger partial charge < -0.3 is 19.1 Å². The van der Waals surface area contributed by atoms with Crippen LogP contribution in [0.3, 0.4) is 0 Å². The van der Waals surface area contributed by atoms with Crippen LogP contribution in [0.25, 0.3) is 0 Å². The normalized spacial score (nSPS) is 19.8. The van der Waals surface area contributed by atoms with E-state index in [1.807, 2.05) is 35.0 Å². The van der Waals surface area contributed by atoms with Crippen molar-refractivity contribution >= 4 is 5.69 Å². The molecule has 0 radical (unpaired) electrons. The number of hydrogen-bond acceptors (Lipinski definition) is 8. The summed E-state index contributed by atoms with van der Waals surface area (Å²) in [5.41, 5.74) is 2.28.